The molecule has 9 nitrogen and oxygen atoms in total. The summed E-state index contributed by atoms with van der Waals surface area (Å²) in [5, 5.41) is 18.8. The van der Waals surface area contributed by atoms with Crippen LogP contribution in [0.15, 0.2) is 52.7 Å². The number of nitrogens with one attached hydrogen (secondary N) is 1. The molecule has 1 fully saturated rings. The average Bonchev–Trinajstić information content (AvgIpc) is 3.13. The zero-order valence-corrected chi connectivity index (χ0v) is 19.1. The van der Waals surface area contributed by atoms with Crippen LogP contribution in [0, 0.1) is 0 Å². The minimum atomic E-state index is -1.04. The van der Waals surface area contributed by atoms with Crippen LogP contribution in [0.1, 0.15) is 31.4 Å². The number of ether oxygens (including phenoxy) is 3. The minimum absolute atomic E-state index is 0.260. The second kappa shape index (κ2) is 11.9. The minimum Gasteiger partial charge on any atom is -0.490 e. The van der Waals surface area contributed by atoms with Gasteiger partial charge in [-0.2, -0.15) is 5.10 Å². The van der Waals surface area contributed by atoms with Gasteiger partial charge in [0, 0.05) is 0 Å². The molecule has 2 N–H and O–H groups in total. The number of amides is 1. The van der Waals surface area contributed by atoms with Crippen LogP contribution in [0.4, 0.5) is 0 Å². The van der Waals surface area contributed by atoms with Crippen molar-refractivity contribution in [3.63, 3.8) is 0 Å². The largest absolute Gasteiger partial charge is 0.490 e. The maximum Gasteiger partial charge on any atom is 0.305 e. The van der Waals surface area contributed by atoms with Gasteiger partial charge in [0.05, 0.1) is 25.8 Å². The summed E-state index contributed by atoms with van der Waals surface area (Å²) in [6.45, 7) is 5.34. The predicted octanol–water partition coefficient (Wildman–Crippen LogP) is 3.46. The van der Waals surface area contributed by atoms with Crippen LogP contribution in [-0.4, -0.2) is 46.8 Å². The summed E-state index contributed by atoms with van der Waals surface area (Å²) in [5.41, 5.74) is 1.75. The number of hydrogen-bond acceptors (Lipinski definition) is 8. The lowest BCUT2D eigenvalue weighted by Gasteiger charge is -2.13. The molecule has 1 atom stereocenters. The SMILES string of the molecule is CCOc1ccc(COc2ccc(C=NN=C3NC(=O)C(CC(=O)O)S3)cc2)cc1OCC. The van der Waals surface area contributed by atoms with E-state index in [0.29, 0.717) is 37.1 Å². The number of hydrogen-bond donors (Lipinski definition) is 2. The van der Waals surface area contributed by atoms with E-state index in [1.807, 2.05) is 56.3 Å². The third-order valence-corrected chi connectivity index (χ3v) is 5.46. The van der Waals surface area contributed by atoms with Crippen LogP contribution in [0.2, 0.25) is 0 Å². The van der Waals surface area contributed by atoms with Gasteiger partial charge in [0.2, 0.25) is 5.91 Å². The molecule has 0 radical (unpaired) electrons. The summed E-state index contributed by atoms with van der Waals surface area (Å²) in [5.74, 6) is 0.689. The quantitative estimate of drug-likeness (QED) is 0.380. The maximum atomic E-state index is 11.7. The van der Waals surface area contributed by atoms with Gasteiger partial charge < -0.3 is 24.6 Å². The molecule has 1 heterocycles. The fraction of sp³-hybridized carbons (Fsp3) is 0.304. The van der Waals surface area contributed by atoms with Gasteiger partial charge in [-0.05, 0) is 61.4 Å². The Balaban J connectivity index is 1.54. The van der Waals surface area contributed by atoms with E-state index in [4.69, 9.17) is 19.3 Å². The lowest BCUT2D eigenvalue weighted by atomic mass is 10.2. The number of amidine groups is 1. The van der Waals surface area contributed by atoms with E-state index in [1.54, 1.807) is 0 Å². The van der Waals surface area contributed by atoms with Crippen LogP contribution in [0.5, 0.6) is 17.2 Å². The van der Waals surface area contributed by atoms with Gasteiger partial charge in [-0.1, -0.05) is 17.8 Å². The molecule has 33 heavy (non-hydrogen) atoms. The molecule has 2 aromatic carbocycles. The normalized spacial score (nSPS) is 16.7. The van der Waals surface area contributed by atoms with Gasteiger partial charge in [0.15, 0.2) is 16.7 Å². The number of aliphatic carboxylic acids is 1. The van der Waals surface area contributed by atoms with Crippen LogP contribution in [0.25, 0.3) is 0 Å². The summed E-state index contributed by atoms with van der Waals surface area (Å²) in [4.78, 5) is 22.5. The van der Waals surface area contributed by atoms with E-state index in [9.17, 15) is 9.59 Å². The second-order valence-electron chi connectivity index (χ2n) is 6.85. The Morgan fingerprint density at radius 1 is 1.09 bits per heavy atom. The molecule has 1 amide bonds. The molecule has 0 aliphatic carbocycles. The third kappa shape index (κ3) is 7.25. The Morgan fingerprint density at radius 2 is 1.82 bits per heavy atom. The first-order chi connectivity index (χ1) is 16.0. The molecule has 1 saturated heterocycles. The van der Waals surface area contributed by atoms with Crippen molar-refractivity contribution in [3.05, 3.63) is 53.6 Å². The van der Waals surface area contributed by atoms with E-state index in [0.717, 1.165) is 22.9 Å². The van der Waals surface area contributed by atoms with Crippen LogP contribution in [-0.2, 0) is 16.2 Å². The molecule has 0 saturated carbocycles. The molecule has 2 aromatic rings. The summed E-state index contributed by atoms with van der Waals surface area (Å²) in [6.07, 6.45) is 1.28. The molecule has 0 aromatic heterocycles. The van der Waals surface area contributed by atoms with Gasteiger partial charge in [0.25, 0.3) is 0 Å². The molecular weight excluding hydrogens is 446 g/mol. The van der Waals surface area contributed by atoms with Gasteiger partial charge in [-0.15, -0.1) is 5.10 Å². The fourth-order valence-corrected chi connectivity index (χ4v) is 3.81. The van der Waals surface area contributed by atoms with Crippen LogP contribution in [0.3, 0.4) is 0 Å². The van der Waals surface area contributed by atoms with Gasteiger partial charge in [-0.25, -0.2) is 0 Å². The first-order valence-corrected chi connectivity index (χ1v) is 11.3. The summed E-state index contributed by atoms with van der Waals surface area (Å²) >= 11 is 1.05. The number of carboxylic acids is 1. The van der Waals surface area contributed by atoms with Crippen LogP contribution >= 0.6 is 11.8 Å². The molecule has 1 unspecified atom stereocenters. The number of benzene rings is 2. The van der Waals surface area contributed by atoms with E-state index in [2.05, 4.69) is 15.5 Å². The Labute approximate surface area is 195 Å². The first-order valence-electron chi connectivity index (χ1n) is 10.4. The monoisotopic (exact) mass is 471 g/mol. The molecule has 0 bridgehead atoms. The number of rotatable bonds is 11. The van der Waals surface area contributed by atoms with Gasteiger partial charge in [0.1, 0.15) is 17.6 Å². The molecule has 1 aliphatic heterocycles. The molecular formula is C23H25N3O6S. The summed E-state index contributed by atoms with van der Waals surface area (Å²) < 4.78 is 17.1. The third-order valence-electron chi connectivity index (χ3n) is 4.39. The topological polar surface area (TPSA) is 119 Å². The molecule has 174 valence electrons. The lowest BCUT2D eigenvalue weighted by molar-refractivity contribution is -0.138. The van der Waals surface area contributed by atoms with E-state index >= 15 is 0 Å². The zero-order chi connectivity index (χ0) is 23.6. The highest BCUT2D eigenvalue weighted by atomic mass is 32.2. The Bertz CT molecular complexity index is 1040. The van der Waals surface area contributed by atoms with Crippen molar-refractivity contribution in [3.8, 4) is 17.2 Å². The fourth-order valence-electron chi connectivity index (χ4n) is 2.90. The number of thioether (sulfide) groups is 1. The highest BCUT2D eigenvalue weighted by Crippen LogP contribution is 2.29. The predicted molar refractivity (Wildman–Crippen MR) is 126 cm³/mol. The smallest absolute Gasteiger partial charge is 0.305 e. The van der Waals surface area contributed by atoms with Crippen molar-refractivity contribution in [2.24, 2.45) is 10.2 Å². The van der Waals surface area contributed by atoms with Crippen molar-refractivity contribution >= 4 is 35.0 Å². The van der Waals surface area contributed by atoms with Gasteiger partial charge >= 0.3 is 5.97 Å². The lowest BCUT2D eigenvalue weighted by Crippen LogP contribution is -2.26. The van der Waals surface area contributed by atoms with Crippen molar-refractivity contribution in [2.45, 2.75) is 32.1 Å². The summed E-state index contributed by atoms with van der Waals surface area (Å²) in [6, 6.07) is 13.0. The number of carboxylic acid groups (broad SMARTS) is 1. The van der Waals surface area contributed by atoms with Crippen molar-refractivity contribution in [1.29, 1.82) is 0 Å². The first kappa shape index (κ1) is 24.1. The van der Waals surface area contributed by atoms with E-state index in [-0.39, 0.29) is 17.5 Å². The average molecular weight is 472 g/mol. The van der Waals surface area contributed by atoms with Crippen LogP contribution < -0.4 is 19.5 Å². The standard InChI is InChI=1S/C23H25N3O6S/c1-3-30-18-10-7-16(11-19(18)31-4-2)14-32-17-8-5-15(6-9-17)13-24-26-23-25-22(29)20(33-23)12-21(27)28/h5-11,13,20H,3-4,12,14H2,1-2H3,(H,27,28)(H,25,26,29). The summed E-state index contributed by atoms with van der Waals surface area (Å²) in [7, 11) is 0. The zero-order valence-electron chi connectivity index (χ0n) is 18.3. The van der Waals surface area contributed by atoms with Crippen molar-refractivity contribution in [1.82, 2.24) is 5.32 Å². The number of carbonyl (C=O) groups excluding carboxylic acids is 1. The van der Waals surface area contributed by atoms with E-state index < -0.39 is 11.2 Å². The van der Waals surface area contributed by atoms with Crippen molar-refractivity contribution in [2.75, 3.05) is 13.2 Å². The Hall–Kier alpha value is -3.53. The number of carbonyl (C=O) groups is 2. The second-order valence-corrected chi connectivity index (χ2v) is 8.04. The highest BCUT2D eigenvalue weighted by Gasteiger charge is 2.32. The molecule has 3 rings (SSSR count). The molecule has 0 spiro atoms. The molecule has 10 heteroatoms. The Kier molecular flexibility index (Phi) is 8.71. The van der Waals surface area contributed by atoms with Crippen molar-refractivity contribution < 1.29 is 28.9 Å². The highest BCUT2D eigenvalue weighted by molar-refractivity contribution is 8.15. The maximum absolute atomic E-state index is 11.7. The Morgan fingerprint density at radius 3 is 2.52 bits per heavy atom. The molecule has 1 aliphatic rings. The van der Waals surface area contributed by atoms with Gasteiger partial charge in [-0.3, -0.25) is 9.59 Å². The number of nitrogens with zero attached hydrogens (tertiary/aromatic N) is 2. The van der Waals surface area contributed by atoms with E-state index in [1.165, 1.54) is 6.21 Å².